The van der Waals surface area contributed by atoms with Gasteiger partial charge in [0.1, 0.15) is 23.9 Å². The first kappa shape index (κ1) is 34.1. The van der Waals surface area contributed by atoms with E-state index in [0.29, 0.717) is 36.9 Å². The summed E-state index contributed by atoms with van der Waals surface area (Å²) in [5, 5.41) is 28.6. The van der Waals surface area contributed by atoms with Gasteiger partial charge in [0, 0.05) is 29.9 Å². The first-order chi connectivity index (χ1) is 21.0. The topological polar surface area (TPSA) is 213 Å². The van der Waals surface area contributed by atoms with Gasteiger partial charge in [-0.05, 0) is 61.1 Å². The third-order valence-electron chi connectivity index (χ3n) is 7.86. The highest BCUT2D eigenvalue weighted by Gasteiger charge is 2.31. The van der Waals surface area contributed by atoms with Crippen LogP contribution in [-0.2, 0) is 32.0 Å². The van der Waals surface area contributed by atoms with E-state index in [0.717, 1.165) is 10.9 Å². The number of carboxylic acids is 1. The number of unbranched alkanes of at least 4 members (excludes halogenated alkanes) is 1. The predicted molar refractivity (Wildman–Crippen MR) is 168 cm³/mol. The zero-order chi connectivity index (χ0) is 32.2. The number of aliphatic carboxylic acids is 1. The first-order valence-electron chi connectivity index (χ1n) is 15.0. The van der Waals surface area contributed by atoms with Crippen molar-refractivity contribution in [2.75, 3.05) is 6.54 Å². The van der Waals surface area contributed by atoms with E-state index in [1.54, 1.807) is 18.3 Å². The standard InChI is InChI=1S/C32H44N6O6/c1-3-19(2)28(34)31(42)36-25(10-6-7-15-33)29(40)37-26(16-20-11-13-22(39)14-12-20)30(41)38-27(32(43)44)17-21-18-35-24-9-5-4-8-23(21)24/h4-5,8-9,11-14,18-19,25-28,35,39H,3,6-7,10,15-17,33-34H2,1-2H3,(H,36,42)(H,37,40)(H,38,41)(H,43,44). The number of nitrogens with two attached hydrogens (primary N) is 2. The van der Waals surface area contributed by atoms with Crippen molar-refractivity contribution in [1.82, 2.24) is 20.9 Å². The molecule has 3 amide bonds. The number of H-pyrrole nitrogens is 1. The third-order valence-corrected chi connectivity index (χ3v) is 7.86. The molecule has 0 aliphatic heterocycles. The maximum absolute atomic E-state index is 13.6. The van der Waals surface area contributed by atoms with E-state index in [9.17, 15) is 29.4 Å². The number of para-hydroxylation sites is 1. The number of rotatable bonds is 17. The molecule has 5 unspecified atom stereocenters. The van der Waals surface area contributed by atoms with Crippen molar-refractivity contribution in [3.8, 4) is 5.75 Å². The molecular formula is C32H44N6O6. The molecule has 3 rings (SSSR count). The molecule has 0 saturated heterocycles. The van der Waals surface area contributed by atoms with Crippen LogP contribution in [0, 0.1) is 5.92 Å². The molecule has 0 fully saturated rings. The van der Waals surface area contributed by atoms with Crippen LogP contribution >= 0.6 is 0 Å². The summed E-state index contributed by atoms with van der Waals surface area (Å²) in [7, 11) is 0. The smallest absolute Gasteiger partial charge is 0.326 e. The molecule has 1 aromatic heterocycles. The minimum atomic E-state index is -1.28. The second-order valence-electron chi connectivity index (χ2n) is 11.2. The fraction of sp³-hybridized carbons (Fsp3) is 0.438. The van der Waals surface area contributed by atoms with Crippen molar-refractivity contribution in [3.05, 3.63) is 65.9 Å². The Kier molecular flexibility index (Phi) is 12.7. The lowest BCUT2D eigenvalue weighted by atomic mass is 9.98. The Morgan fingerprint density at radius 1 is 0.864 bits per heavy atom. The van der Waals surface area contributed by atoms with Crippen LogP contribution in [-0.4, -0.2) is 69.6 Å². The van der Waals surface area contributed by atoms with E-state index >= 15 is 0 Å². The highest BCUT2D eigenvalue weighted by atomic mass is 16.4. The molecule has 1 heterocycles. The van der Waals surface area contributed by atoms with Crippen molar-refractivity contribution < 1.29 is 29.4 Å². The number of hydrogen-bond acceptors (Lipinski definition) is 7. The number of benzene rings is 2. The van der Waals surface area contributed by atoms with E-state index in [4.69, 9.17) is 11.5 Å². The van der Waals surface area contributed by atoms with Gasteiger partial charge in [0.25, 0.3) is 0 Å². The minimum absolute atomic E-state index is 0.00707. The lowest BCUT2D eigenvalue weighted by Gasteiger charge is -2.26. The van der Waals surface area contributed by atoms with E-state index < -0.39 is 47.9 Å². The predicted octanol–water partition coefficient (Wildman–Crippen LogP) is 1.70. The summed E-state index contributed by atoms with van der Waals surface area (Å²) in [6, 6.07) is 9.28. The van der Waals surface area contributed by atoms with Gasteiger partial charge in [0.15, 0.2) is 0 Å². The fourth-order valence-electron chi connectivity index (χ4n) is 4.88. The van der Waals surface area contributed by atoms with Crippen LogP contribution in [0.3, 0.4) is 0 Å². The Balaban J connectivity index is 1.83. The molecule has 238 valence electrons. The summed E-state index contributed by atoms with van der Waals surface area (Å²) < 4.78 is 0. The summed E-state index contributed by atoms with van der Waals surface area (Å²) in [6.45, 7) is 4.17. The molecule has 0 spiro atoms. The van der Waals surface area contributed by atoms with Crippen LogP contribution < -0.4 is 27.4 Å². The molecule has 0 aliphatic carbocycles. The van der Waals surface area contributed by atoms with Crippen LogP contribution in [0.25, 0.3) is 10.9 Å². The summed E-state index contributed by atoms with van der Waals surface area (Å²) in [5.41, 5.74) is 13.9. The molecule has 5 atom stereocenters. The largest absolute Gasteiger partial charge is 0.508 e. The highest BCUT2D eigenvalue weighted by Crippen LogP contribution is 2.19. The van der Waals surface area contributed by atoms with Gasteiger partial charge in [-0.15, -0.1) is 0 Å². The van der Waals surface area contributed by atoms with Gasteiger partial charge in [-0.1, -0.05) is 50.6 Å². The minimum Gasteiger partial charge on any atom is -0.508 e. The molecule has 0 bridgehead atoms. The lowest BCUT2D eigenvalue weighted by molar-refractivity contribution is -0.142. The quantitative estimate of drug-likeness (QED) is 0.105. The van der Waals surface area contributed by atoms with Crippen LogP contribution in [0.15, 0.2) is 54.7 Å². The number of phenolic OH excluding ortho intramolecular Hbond substituents is 1. The maximum Gasteiger partial charge on any atom is 0.326 e. The van der Waals surface area contributed by atoms with Gasteiger partial charge in [0.05, 0.1) is 6.04 Å². The Morgan fingerprint density at radius 3 is 2.16 bits per heavy atom. The Hall–Kier alpha value is -4.42. The number of fused-ring (bicyclic) bond motifs is 1. The molecule has 0 aliphatic rings. The summed E-state index contributed by atoms with van der Waals surface area (Å²) >= 11 is 0. The van der Waals surface area contributed by atoms with Crippen LogP contribution in [0.1, 0.15) is 50.7 Å². The molecule has 12 nitrogen and oxygen atoms in total. The number of amides is 3. The number of carbonyl (C=O) groups excluding carboxylic acids is 3. The first-order valence-corrected chi connectivity index (χ1v) is 15.0. The van der Waals surface area contributed by atoms with Crippen molar-refractivity contribution in [2.24, 2.45) is 17.4 Å². The van der Waals surface area contributed by atoms with Gasteiger partial charge < -0.3 is 42.6 Å². The zero-order valence-electron chi connectivity index (χ0n) is 25.2. The molecule has 12 heteroatoms. The van der Waals surface area contributed by atoms with Gasteiger partial charge in [0.2, 0.25) is 17.7 Å². The third kappa shape index (κ3) is 9.55. The number of carbonyl (C=O) groups is 4. The number of nitrogens with one attached hydrogen (secondary N) is 4. The monoisotopic (exact) mass is 608 g/mol. The fourth-order valence-corrected chi connectivity index (χ4v) is 4.88. The van der Waals surface area contributed by atoms with Crippen molar-refractivity contribution in [3.63, 3.8) is 0 Å². The molecule has 0 radical (unpaired) electrons. The number of carboxylic acid groups (broad SMARTS) is 1. The highest BCUT2D eigenvalue weighted by molar-refractivity contribution is 5.94. The second-order valence-corrected chi connectivity index (χ2v) is 11.2. The van der Waals surface area contributed by atoms with Gasteiger partial charge in [-0.25, -0.2) is 4.79 Å². The Morgan fingerprint density at radius 2 is 1.50 bits per heavy atom. The second kappa shape index (κ2) is 16.4. The zero-order valence-corrected chi connectivity index (χ0v) is 25.2. The average Bonchev–Trinajstić information content (AvgIpc) is 3.42. The normalized spacial score (nSPS) is 14.6. The number of hydrogen-bond donors (Lipinski definition) is 8. The molecule has 0 saturated carbocycles. The molecule has 44 heavy (non-hydrogen) atoms. The van der Waals surface area contributed by atoms with Crippen molar-refractivity contribution >= 4 is 34.6 Å². The summed E-state index contributed by atoms with van der Waals surface area (Å²) in [6.07, 6.45) is 3.85. The average molecular weight is 609 g/mol. The van der Waals surface area contributed by atoms with Gasteiger partial charge in [-0.2, -0.15) is 0 Å². The van der Waals surface area contributed by atoms with Crippen LogP contribution in [0.2, 0.25) is 0 Å². The maximum atomic E-state index is 13.6. The van der Waals surface area contributed by atoms with E-state index in [1.807, 2.05) is 38.1 Å². The molecular weight excluding hydrogens is 564 g/mol. The SMILES string of the molecule is CCC(C)C(N)C(=O)NC(CCCCN)C(=O)NC(Cc1ccc(O)cc1)C(=O)NC(Cc1c[nH]c2ccccc12)C(=O)O. The van der Waals surface area contributed by atoms with Crippen LogP contribution in [0.5, 0.6) is 5.75 Å². The Bertz CT molecular complexity index is 1410. The Labute approximate surface area is 257 Å². The lowest BCUT2D eigenvalue weighted by Crippen LogP contribution is -2.58. The molecule has 3 aromatic rings. The van der Waals surface area contributed by atoms with Crippen molar-refractivity contribution in [2.45, 2.75) is 76.5 Å². The van der Waals surface area contributed by atoms with Gasteiger partial charge >= 0.3 is 5.97 Å². The van der Waals surface area contributed by atoms with Crippen LogP contribution in [0.4, 0.5) is 0 Å². The molecule has 2 aromatic carbocycles. The number of phenols is 1. The molecule has 10 N–H and O–H groups in total. The number of aromatic hydroxyl groups is 1. The van der Waals surface area contributed by atoms with E-state index in [1.165, 1.54) is 12.1 Å². The van der Waals surface area contributed by atoms with Crippen molar-refractivity contribution in [1.29, 1.82) is 0 Å². The van der Waals surface area contributed by atoms with E-state index in [-0.39, 0.29) is 30.9 Å². The summed E-state index contributed by atoms with van der Waals surface area (Å²) in [5.74, 6) is -3.10. The van der Waals surface area contributed by atoms with E-state index in [2.05, 4.69) is 20.9 Å². The summed E-state index contributed by atoms with van der Waals surface area (Å²) in [4.78, 5) is 55.4. The van der Waals surface area contributed by atoms with Gasteiger partial charge in [-0.3, -0.25) is 14.4 Å². The number of aromatic nitrogens is 1. The number of aromatic amines is 1.